The molecule has 1 aromatic rings. The summed E-state index contributed by atoms with van der Waals surface area (Å²) in [5, 5.41) is 0. The van der Waals surface area contributed by atoms with E-state index in [9.17, 15) is 4.79 Å². The molecule has 0 aromatic heterocycles. The van der Waals surface area contributed by atoms with Crippen LogP contribution in [0.5, 0.6) is 0 Å². The van der Waals surface area contributed by atoms with Crippen LogP contribution in [0.25, 0.3) is 0 Å². The van der Waals surface area contributed by atoms with E-state index in [-0.39, 0.29) is 11.7 Å². The summed E-state index contributed by atoms with van der Waals surface area (Å²) in [6, 6.07) is 9.46. The number of carbonyl (C=O) groups excluding carboxylic acids is 1. The quantitative estimate of drug-likeness (QED) is 0.611. The van der Waals surface area contributed by atoms with Crippen LogP contribution in [0.15, 0.2) is 30.3 Å². The molecule has 1 fully saturated rings. The molecule has 0 amide bonds. The molecule has 0 spiro atoms. The lowest BCUT2D eigenvalue weighted by atomic mass is 9.97. The Hall–Kier alpha value is -0.800. The lowest BCUT2D eigenvalue weighted by molar-refractivity contribution is 0.0927. The van der Waals surface area contributed by atoms with Crippen LogP contribution in [0.4, 0.5) is 0 Å². The number of ketones is 1. The maximum atomic E-state index is 11.6. The fourth-order valence-corrected chi connectivity index (χ4v) is 2.50. The van der Waals surface area contributed by atoms with E-state index in [2.05, 4.69) is 17.5 Å². The largest absolute Gasteiger partial charge is 0.303 e. The van der Waals surface area contributed by atoms with Crippen LogP contribution in [0.2, 0.25) is 0 Å². The van der Waals surface area contributed by atoms with Crippen molar-refractivity contribution < 1.29 is 4.79 Å². The second kappa shape index (κ2) is 13.8. The maximum absolute atomic E-state index is 11.6. The van der Waals surface area contributed by atoms with E-state index in [1.807, 2.05) is 58.0 Å². The summed E-state index contributed by atoms with van der Waals surface area (Å²) < 4.78 is 0. The van der Waals surface area contributed by atoms with Crippen LogP contribution in [0.1, 0.15) is 57.3 Å². The van der Waals surface area contributed by atoms with E-state index in [1.165, 1.54) is 32.5 Å². The normalized spacial score (nSPS) is 15.1. The minimum absolute atomic E-state index is 0.146. The molecule has 126 valence electrons. The molecule has 0 radical (unpaired) electrons. The Bertz CT molecular complexity index is 374. The Kier molecular flexibility index (Phi) is 13.3. The molecule has 0 bridgehead atoms. The zero-order chi connectivity index (χ0) is 16.8. The first-order chi connectivity index (χ1) is 10.7. The first kappa shape index (κ1) is 21.2. The second-order valence-corrected chi connectivity index (χ2v) is 5.76. The molecule has 3 heteroatoms. The molecule has 1 atom stereocenters. The van der Waals surface area contributed by atoms with Crippen LogP contribution in [0.3, 0.4) is 0 Å². The highest BCUT2D eigenvalue weighted by molar-refractivity contribution is 7.80. The van der Waals surface area contributed by atoms with Gasteiger partial charge in [-0.1, -0.05) is 58.0 Å². The molecule has 0 aliphatic carbocycles. The molecule has 1 aromatic carbocycles. The van der Waals surface area contributed by atoms with Crippen molar-refractivity contribution in [2.24, 2.45) is 5.92 Å². The number of nitrogens with zero attached hydrogens (tertiary/aromatic N) is 1. The van der Waals surface area contributed by atoms with Gasteiger partial charge in [0.1, 0.15) is 0 Å². The van der Waals surface area contributed by atoms with Crippen molar-refractivity contribution in [3.05, 3.63) is 35.9 Å². The summed E-state index contributed by atoms with van der Waals surface area (Å²) in [5.74, 6) is 1.41. The highest BCUT2D eigenvalue weighted by atomic mass is 32.1. The summed E-state index contributed by atoms with van der Waals surface area (Å²) in [4.78, 5) is 14.0. The lowest BCUT2D eigenvalue weighted by Crippen LogP contribution is -2.21. The highest BCUT2D eigenvalue weighted by Gasteiger charge is 2.11. The second-order valence-electron chi connectivity index (χ2n) is 5.31. The standard InChI is InChI=1S/C11H14O.C6H13NS.C2H6/c1-3-9(2)11(12)10-7-5-4-6-8-10;8-6-5-7-3-1-2-4-7;1-2/h4-9H,3H2,1-2H3;8H,1-6H2;1-2H3. The van der Waals surface area contributed by atoms with Gasteiger partial charge in [0.15, 0.2) is 5.78 Å². The van der Waals surface area contributed by atoms with Gasteiger partial charge in [0.2, 0.25) is 0 Å². The summed E-state index contributed by atoms with van der Waals surface area (Å²) in [7, 11) is 0. The van der Waals surface area contributed by atoms with Crippen molar-refractivity contribution in [1.29, 1.82) is 0 Å². The van der Waals surface area contributed by atoms with E-state index >= 15 is 0 Å². The van der Waals surface area contributed by atoms with Gasteiger partial charge in [-0.2, -0.15) is 12.6 Å². The molecule has 1 heterocycles. The van der Waals surface area contributed by atoms with E-state index in [0.29, 0.717) is 0 Å². The van der Waals surface area contributed by atoms with Gasteiger partial charge in [0.25, 0.3) is 0 Å². The average molecular weight is 324 g/mol. The molecule has 1 aliphatic heterocycles. The van der Waals surface area contributed by atoms with E-state index < -0.39 is 0 Å². The van der Waals surface area contributed by atoms with E-state index in [0.717, 1.165) is 17.7 Å². The summed E-state index contributed by atoms with van der Waals surface area (Å²) >= 11 is 4.15. The Morgan fingerprint density at radius 1 is 1.18 bits per heavy atom. The Morgan fingerprint density at radius 3 is 2.18 bits per heavy atom. The third-order valence-corrected chi connectivity index (χ3v) is 3.93. The number of hydrogen-bond donors (Lipinski definition) is 1. The van der Waals surface area contributed by atoms with Gasteiger partial charge in [-0.3, -0.25) is 4.79 Å². The molecule has 0 N–H and O–H groups in total. The van der Waals surface area contributed by atoms with Crippen LogP contribution >= 0.6 is 12.6 Å². The van der Waals surface area contributed by atoms with Crippen LogP contribution in [0, 0.1) is 5.92 Å². The van der Waals surface area contributed by atoms with Crippen LogP contribution in [-0.2, 0) is 0 Å². The number of benzene rings is 1. The van der Waals surface area contributed by atoms with Crippen molar-refractivity contribution in [3.63, 3.8) is 0 Å². The summed E-state index contributed by atoms with van der Waals surface area (Å²) in [6.45, 7) is 11.8. The molecule has 2 rings (SSSR count). The van der Waals surface area contributed by atoms with E-state index in [1.54, 1.807) is 0 Å². The number of thiol groups is 1. The number of carbonyl (C=O) groups is 1. The van der Waals surface area contributed by atoms with Crippen LogP contribution in [-0.4, -0.2) is 36.1 Å². The fraction of sp³-hybridized carbons (Fsp3) is 0.632. The van der Waals surface area contributed by atoms with Crippen molar-refractivity contribution >= 4 is 18.4 Å². The number of hydrogen-bond acceptors (Lipinski definition) is 3. The first-order valence-corrected chi connectivity index (χ1v) is 9.24. The smallest absolute Gasteiger partial charge is 0.165 e. The van der Waals surface area contributed by atoms with Crippen molar-refractivity contribution in [1.82, 2.24) is 4.90 Å². The van der Waals surface area contributed by atoms with Crippen molar-refractivity contribution in [2.75, 3.05) is 25.4 Å². The average Bonchev–Trinajstić information content (AvgIpc) is 3.10. The minimum atomic E-state index is 0.146. The number of rotatable bonds is 5. The lowest BCUT2D eigenvalue weighted by Gasteiger charge is -2.10. The van der Waals surface area contributed by atoms with Crippen molar-refractivity contribution in [2.45, 2.75) is 47.0 Å². The third-order valence-electron chi connectivity index (χ3n) is 3.73. The zero-order valence-electron chi connectivity index (χ0n) is 14.7. The number of Topliss-reactive ketones (excluding diaryl/α,β-unsaturated/α-hetero) is 1. The Balaban J connectivity index is 0.000000382. The van der Waals surface area contributed by atoms with Crippen LogP contribution < -0.4 is 0 Å². The van der Waals surface area contributed by atoms with Gasteiger partial charge in [-0.05, 0) is 32.4 Å². The summed E-state index contributed by atoms with van der Waals surface area (Å²) in [5.41, 5.74) is 0.826. The summed E-state index contributed by atoms with van der Waals surface area (Å²) in [6.07, 6.45) is 3.70. The molecule has 2 nitrogen and oxygen atoms in total. The molecule has 1 saturated heterocycles. The topological polar surface area (TPSA) is 20.3 Å². The number of likely N-dealkylation sites (tertiary alicyclic amines) is 1. The fourth-order valence-electron chi connectivity index (χ4n) is 2.22. The Labute approximate surface area is 142 Å². The molecule has 22 heavy (non-hydrogen) atoms. The Morgan fingerprint density at radius 2 is 1.73 bits per heavy atom. The first-order valence-electron chi connectivity index (χ1n) is 8.61. The molecular formula is C19H33NOS. The predicted octanol–water partition coefficient (Wildman–Crippen LogP) is 4.95. The molecular weight excluding hydrogens is 290 g/mol. The molecule has 1 aliphatic rings. The van der Waals surface area contributed by atoms with Gasteiger partial charge >= 0.3 is 0 Å². The van der Waals surface area contributed by atoms with Gasteiger partial charge in [-0.15, -0.1) is 0 Å². The van der Waals surface area contributed by atoms with Gasteiger partial charge in [0.05, 0.1) is 0 Å². The highest BCUT2D eigenvalue weighted by Crippen LogP contribution is 2.10. The van der Waals surface area contributed by atoms with Crippen molar-refractivity contribution in [3.8, 4) is 0 Å². The third kappa shape index (κ3) is 8.60. The van der Waals surface area contributed by atoms with Gasteiger partial charge in [-0.25, -0.2) is 0 Å². The molecule has 0 saturated carbocycles. The maximum Gasteiger partial charge on any atom is 0.165 e. The zero-order valence-corrected chi connectivity index (χ0v) is 15.6. The predicted molar refractivity (Wildman–Crippen MR) is 101 cm³/mol. The van der Waals surface area contributed by atoms with E-state index in [4.69, 9.17) is 0 Å². The van der Waals surface area contributed by atoms with Gasteiger partial charge < -0.3 is 4.90 Å². The SMILES string of the molecule is CC.CCC(C)C(=O)c1ccccc1.SCCN1CCCC1. The minimum Gasteiger partial charge on any atom is -0.303 e. The molecule has 1 unspecified atom stereocenters. The monoisotopic (exact) mass is 323 g/mol. The van der Waals surface area contributed by atoms with Gasteiger partial charge in [0, 0.05) is 23.8 Å².